The molecule has 2 aromatic carbocycles. The Bertz CT molecular complexity index is 975. The average molecular weight is 422 g/mol. The van der Waals surface area contributed by atoms with Crippen molar-refractivity contribution >= 4 is 33.4 Å². The summed E-state index contributed by atoms with van der Waals surface area (Å²) in [5.41, 5.74) is 5.90. The second-order valence-corrected chi connectivity index (χ2v) is 8.86. The first-order valence-corrected chi connectivity index (χ1v) is 10.5. The predicted molar refractivity (Wildman–Crippen MR) is 105 cm³/mol. The van der Waals surface area contributed by atoms with Crippen molar-refractivity contribution in [2.45, 2.75) is 30.7 Å². The van der Waals surface area contributed by atoms with Crippen molar-refractivity contribution in [3.05, 3.63) is 64.7 Å². The third kappa shape index (κ3) is 4.35. The number of hydrazine groups is 1. The van der Waals surface area contributed by atoms with Crippen LogP contribution in [0.15, 0.2) is 53.4 Å². The summed E-state index contributed by atoms with van der Waals surface area (Å²) in [6, 6.07) is 11.8. The van der Waals surface area contributed by atoms with Gasteiger partial charge in [-0.25, -0.2) is 8.42 Å². The van der Waals surface area contributed by atoms with Crippen LogP contribution in [0, 0.1) is 6.92 Å². The van der Waals surface area contributed by atoms with Gasteiger partial charge in [-0.3, -0.25) is 20.4 Å². The number of nitrogens with one attached hydrogen (secondary N) is 2. The Morgan fingerprint density at radius 1 is 1.04 bits per heavy atom. The van der Waals surface area contributed by atoms with Gasteiger partial charge in [-0.05, 0) is 56.2 Å². The first-order chi connectivity index (χ1) is 13.3. The van der Waals surface area contributed by atoms with Crippen LogP contribution in [0.2, 0.25) is 5.02 Å². The Kier molecular flexibility index (Phi) is 6.02. The molecule has 0 spiro atoms. The van der Waals surface area contributed by atoms with E-state index in [9.17, 15) is 18.0 Å². The average Bonchev–Trinajstić information content (AvgIpc) is 3.17. The van der Waals surface area contributed by atoms with Crippen LogP contribution in [0.3, 0.4) is 0 Å². The van der Waals surface area contributed by atoms with E-state index in [1.54, 1.807) is 24.3 Å². The number of rotatable bonds is 4. The quantitative estimate of drug-likeness (QED) is 0.740. The third-order valence-corrected chi connectivity index (χ3v) is 6.71. The molecule has 1 fully saturated rings. The summed E-state index contributed by atoms with van der Waals surface area (Å²) < 4.78 is 27.0. The highest BCUT2D eigenvalue weighted by molar-refractivity contribution is 7.89. The van der Waals surface area contributed by atoms with E-state index in [0.29, 0.717) is 23.4 Å². The molecule has 148 valence electrons. The van der Waals surface area contributed by atoms with Gasteiger partial charge < -0.3 is 0 Å². The summed E-state index contributed by atoms with van der Waals surface area (Å²) in [6.45, 7) is 2.12. The summed E-state index contributed by atoms with van der Waals surface area (Å²) in [5.74, 6) is -1.09. The van der Waals surface area contributed by atoms with Crippen LogP contribution in [0.4, 0.5) is 0 Å². The molecule has 7 nitrogen and oxygen atoms in total. The number of hydrogen-bond acceptors (Lipinski definition) is 4. The Morgan fingerprint density at radius 3 is 2.32 bits per heavy atom. The summed E-state index contributed by atoms with van der Waals surface area (Å²) in [4.78, 5) is 24.8. The van der Waals surface area contributed by atoms with Gasteiger partial charge in [0.25, 0.3) is 11.8 Å². The zero-order valence-corrected chi connectivity index (χ0v) is 16.8. The lowest BCUT2D eigenvalue weighted by molar-refractivity contribution is -0.125. The second-order valence-electron chi connectivity index (χ2n) is 6.54. The van der Waals surface area contributed by atoms with Gasteiger partial charge in [0.2, 0.25) is 10.0 Å². The van der Waals surface area contributed by atoms with Gasteiger partial charge in [-0.15, -0.1) is 0 Å². The number of amides is 2. The molecule has 9 heteroatoms. The van der Waals surface area contributed by atoms with Crippen LogP contribution in [0.5, 0.6) is 0 Å². The standard InChI is InChI=1S/C19H20ClN3O4S/c1-13-4-10-16(11-5-13)28(26,27)23-12-2-3-17(23)19(25)22-21-18(24)14-6-8-15(20)9-7-14/h4-11,17H,2-3,12H2,1H3,(H,21,24)(H,22,25)/t17-/m0/s1. The van der Waals surface area contributed by atoms with E-state index in [2.05, 4.69) is 10.9 Å². The van der Waals surface area contributed by atoms with Crippen LogP contribution in [-0.2, 0) is 14.8 Å². The molecule has 28 heavy (non-hydrogen) atoms. The highest BCUT2D eigenvalue weighted by Gasteiger charge is 2.39. The number of nitrogens with zero attached hydrogens (tertiary/aromatic N) is 1. The van der Waals surface area contributed by atoms with Crippen LogP contribution in [0.25, 0.3) is 0 Å². The van der Waals surface area contributed by atoms with E-state index in [0.717, 1.165) is 5.56 Å². The molecule has 0 unspecified atom stereocenters. The number of aryl methyl sites for hydroxylation is 1. The molecule has 0 aliphatic carbocycles. The van der Waals surface area contributed by atoms with Gasteiger partial charge in [-0.1, -0.05) is 29.3 Å². The predicted octanol–water partition coefficient (Wildman–Crippen LogP) is 2.26. The van der Waals surface area contributed by atoms with Gasteiger partial charge in [0.1, 0.15) is 6.04 Å². The highest BCUT2D eigenvalue weighted by Crippen LogP contribution is 2.26. The van der Waals surface area contributed by atoms with Gasteiger partial charge in [-0.2, -0.15) is 4.31 Å². The van der Waals surface area contributed by atoms with Crippen molar-refractivity contribution in [1.29, 1.82) is 0 Å². The molecule has 1 aliphatic heterocycles. The SMILES string of the molecule is Cc1ccc(S(=O)(=O)N2CCC[C@H]2C(=O)NNC(=O)c2ccc(Cl)cc2)cc1. The van der Waals surface area contributed by atoms with E-state index in [1.807, 2.05) is 6.92 Å². The number of benzene rings is 2. The fourth-order valence-corrected chi connectivity index (χ4v) is 4.79. The summed E-state index contributed by atoms with van der Waals surface area (Å²) >= 11 is 5.78. The molecule has 2 N–H and O–H groups in total. The normalized spacial score (nSPS) is 17.3. The first kappa shape index (κ1) is 20.3. The molecular formula is C19H20ClN3O4S. The molecule has 1 atom stereocenters. The van der Waals surface area contributed by atoms with Crippen LogP contribution >= 0.6 is 11.6 Å². The maximum atomic E-state index is 12.9. The number of hydrogen-bond donors (Lipinski definition) is 2. The van der Waals surface area contributed by atoms with E-state index < -0.39 is 27.9 Å². The molecule has 3 rings (SSSR count). The summed E-state index contributed by atoms with van der Waals surface area (Å²) in [5, 5.41) is 0.489. The van der Waals surface area contributed by atoms with E-state index >= 15 is 0 Å². The lowest BCUT2D eigenvalue weighted by Gasteiger charge is -2.23. The second kappa shape index (κ2) is 8.30. The first-order valence-electron chi connectivity index (χ1n) is 8.73. The van der Waals surface area contributed by atoms with E-state index in [4.69, 9.17) is 11.6 Å². The Labute approximate surface area is 168 Å². The maximum absolute atomic E-state index is 12.9. The monoisotopic (exact) mass is 421 g/mol. The number of halogens is 1. The minimum Gasteiger partial charge on any atom is -0.271 e. The molecular weight excluding hydrogens is 402 g/mol. The minimum absolute atomic E-state index is 0.142. The summed E-state index contributed by atoms with van der Waals surface area (Å²) in [6.07, 6.45) is 0.946. The Hall–Kier alpha value is -2.42. The fourth-order valence-electron chi connectivity index (χ4n) is 3.01. The molecule has 1 aliphatic rings. The molecule has 0 saturated carbocycles. The molecule has 2 amide bonds. The third-order valence-electron chi connectivity index (χ3n) is 4.54. The minimum atomic E-state index is -3.80. The maximum Gasteiger partial charge on any atom is 0.269 e. The van der Waals surface area contributed by atoms with Gasteiger partial charge in [0.15, 0.2) is 0 Å². The Balaban J connectivity index is 1.68. The zero-order valence-electron chi connectivity index (χ0n) is 15.2. The van der Waals surface area contributed by atoms with Crippen LogP contribution in [0.1, 0.15) is 28.8 Å². The van der Waals surface area contributed by atoms with E-state index in [1.165, 1.54) is 28.6 Å². The number of sulfonamides is 1. The Morgan fingerprint density at radius 2 is 1.68 bits per heavy atom. The smallest absolute Gasteiger partial charge is 0.269 e. The fraction of sp³-hybridized carbons (Fsp3) is 0.263. The van der Waals surface area contributed by atoms with Crippen molar-refractivity contribution in [2.75, 3.05) is 6.54 Å². The zero-order chi connectivity index (χ0) is 20.3. The van der Waals surface area contributed by atoms with Gasteiger partial charge in [0, 0.05) is 17.1 Å². The van der Waals surface area contributed by atoms with Crippen molar-refractivity contribution in [3.63, 3.8) is 0 Å². The summed E-state index contributed by atoms with van der Waals surface area (Å²) in [7, 11) is -3.80. The molecule has 0 bridgehead atoms. The van der Waals surface area contributed by atoms with Gasteiger partial charge in [0.05, 0.1) is 4.90 Å². The van der Waals surface area contributed by atoms with Crippen molar-refractivity contribution in [1.82, 2.24) is 15.2 Å². The van der Waals surface area contributed by atoms with Gasteiger partial charge >= 0.3 is 0 Å². The lowest BCUT2D eigenvalue weighted by atomic mass is 10.2. The van der Waals surface area contributed by atoms with Crippen molar-refractivity contribution in [2.24, 2.45) is 0 Å². The largest absolute Gasteiger partial charge is 0.271 e. The molecule has 1 heterocycles. The molecule has 0 aromatic heterocycles. The lowest BCUT2D eigenvalue weighted by Crippen LogP contribution is -2.51. The van der Waals surface area contributed by atoms with Crippen LogP contribution < -0.4 is 10.9 Å². The molecule has 2 aromatic rings. The molecule has 0 radical (unpaired) electrons. The number of carbonyl (C=O) groups is 2. The number of carbonyl (C=O) groups excluding carboxylic acids is 2. The topological polar surface area (TPSA) is 95.6 Å². The van der Waals surface area contributed by atoms with Crippen molar-refractivity contribution in [3.8, 4) is 0 Å². The van der Waals surface area contributed by atoms with Crippen LogP contribution in [-0.4, -0.2) is 37.1 Å². The van der Waals surface area contributed by atoms with Crippen molar-refractivity contribution < 1.29 is 18.0 Å². The molecule has 1 saturated heterocycles. The highest BCUT2D eigenvalue weighted by atomic mass is 35.5. The van der Waals surface area contributed by atoms with E-state index in [-0.39, 0.29) is 11.4 Å².